The Labute approximate surface area is 140 Å². The number of rotatable bonds is 6. The van der Waals surface area contributed by atoms with Gasteiger partial charge >= 0.3 is 0 Å². The number of oxime groups is 1. The minimum absolute atomic E-state index is 0.142. The van der Waals surface area contributed by atoms with Gasteiger partial charge in [0.1, 0.15) is 0 Å². The van der Waals surface area contributed by atoms with Crippen LogP contribution in [0.25, 0.3) is 0 Å². The van der Waals surface area contributed by atoms with Crippen LogP contribution in [0.3, 0.4) is 0 Å². The number of aryl methyl sites for hydroxylation is 2. The zero-order valence-corrected chi connectivity index (χ0v) is 13.9. The quantitative estimate of drug-likeness (QED) is 0.485. The van der Waals surface area contributed by atoms with E-state index in [1.807, 2.05) is 32.0 Å². The van der Waals surface area contributed by atoms with Gasteiger partial charge in [-0.1, -0.05) is 22.9 Å². The summed E-state index contributed by atoms with van der Waals surface area (Å²) >= 11 is 0. The number of methoxy groups -OCH3 is 1. The van der Waals surface area contributed by atoms with Gasteiger partial charge in [0.15, 0.2) is 18.1 Å². The minimum atomic E-state index is -0.259. The van der Waals surface area contributed by atoms with Crippen LogP contribution in [0.5, 0.6) is 11.5 Å². The minimum Gasteiger partial charge on any atom is -0.493 e. The maximum absolute atomic E-state index is 12.1. The number of hydrogen-bond donors (Lipinski definition) is 2. The molecule has 2 aromatic rings. The smallest absolute Gasteiger partial charge is 0.262 e. The first-order chi connectivity index (χ1) is 11.5. The van der Waals surface area contributed by atoms with Crippen molar-refractivity contribution in [2.24, 2.45) is 5.16 Å². The van der Waals surface area contributed by atoms with Crippen molar-refractivity contribution in [2.45, 2.75) is 13.8 Å². The molecule has 0 aliphatic carbocycles. The second kappa shape index (κ2) is 8.01. The van der Waals surface area contributed by atoms with Gasteiger partial charge in [0.2, 0.25) is 0 Å². The average Bonchev–Trinajstić information content (AvgIpc) is 2.56. The Balaban J connectivity index is 2.01. The van der Waals surface area contributed by atoms with E-state index >= 15 is 0 Å². The summed E-state index contributed by atoms with van der Waals surface area (Å²) in [5.74, 6) is 0.625. The number of benzene rings is 2. The average molecular weight is 328 g/mol. The van der Waals surface area contributed by atoms with Crippen molar-refractivity contribution in [3.05, 3.63) is 53.1 Å². The van der Waals surface area contributed by atoms with E-state index in [4.69, 9.17) is 14.7 Å². The van der Waals surface area contributed by atoms with Crippen molar-refractivity contribution in [3.63, 3.8) is 0 Å². The van der Waals surface area contributed by atoms with E-state index in [9.17, 15) is 4.79 Å². The molecule has 6 heteroatoms. The third-order valence-corrected chi connectivity index (χ3v) is 3.41. The number of carbonyl (C=O) groups is 1. The first-order valence-electron chi connectivity index (χ1n) is 7.39. The summed E-state index contributed by atoms with van der Waals surface area (Å²) in [6.45, 7) is 3.80. The van der Waals surface area contributed by atoms with Crippen LogP contribution in [0, 0.1) is 13.8 Å². The van der Waals surface area contributed by atoms with Crippen LogP contribution >= 0.6 is 0 Å². The topological polar surface area (TPSA) is 80.2 Å². The van der Waals surface area contributed by atoms with Crippen LogP contribution in [0.15, 0.2) is 41.6 Å². The van der Waals surface area contributed by atoms with E-state index in [0.717, 1.165) is 16.8 Å². The van der Waals surface area contributed by atoms with E-state index < -0.39 is 0 Å². The fourth-order valence-electron chi connectivity index (χ4n) is 2.23. The number of anilines is 1. The van der Waals surface area contributed by atoms with Crippen LogP contribution in [-0.4, -0.2) is 31.0 Å². The number of nitrogens with zero attached hydrogens (tertiary/aromatic N) is 1. The van der Waals surface area contributed by atoms with Crippen molar-refractivity contribution >= 4 is 17.8 Å². The number of nitrogens with one attached hydrogen (secondary N) is 1. The van der Waals surface area contributed by atoms with Crippen molar-refractivity contribution in [1.82, 2.24) is 0 Å². The summed E-state index contributed by atoms with van der Waals surface area (Å²) in [7, 11) is 1.50. The van der Waals surface area contributed by atoms with Gasteiger partial charge in [-0.15, -0.1) is 0 Å². The van der Waals surface area contributed by atoms with Gasteiger partial charge in [0.05, 0.1) is 13.3 Å². The van der Waals surface area contributed by atoms with Crippen molar-refractivity contribution in [1.29, 1.82) is 0 Å². The molecule has 126 valence electrons. The van der Waals surface area contributed by atoms with E-state index in [-0.39, 0.29) is 12.5 Å². The first-order valence-corrected chi connectivity index (χ1v) is 7.39. The monoisotopic (exact) mass is 328 g/mol. The number of ether oxygens (including phenoxy) is 2. The molecule has 0 saturated heterocycles. The highest BCUT2D eigenvalue weighted by molar-refractivity contribution is 5.92. The largest absolute Gasteiger partial charge is 0.493 e. The van der Waals surface area contributed by atoms with Crippen molar-refractivity contribution < 1.29 is 19.5 Å². The molecule has 0 aliphatic rings. The van der Waals surface area contributed by atoms with Crippen molar-refractivity contribution in [2.75, 3.05) is 19.0 Å². The van der Waals surface area contributed by atoms with E-state index in [1.54, 1.807) is 18.2 Å². The maximum atomic E-state index is 12.1. The SMILES string of the molecule is COc1cc(/C=N/O)ccc1OCC(=O)Nc1ccc(C)cc1C. The Morgan fingerprint density at radius 2 is 2.00 bits per heavy atom. The lowest BCUT2D eigenvalue weighted by Crippen LogP contribution is -2.20. The van der Waals surface area contributed by atoms with Gasteiger partial charge < -0.3 is 20.0 Å². The predicted octanol–water partition coefficient (Wildman–Crippen LogP) is 3.14. The van der Waals surface area contributed by atoms with Crippen LogP contribution in [-0.2, 0) is 4.79 Å². The van der Waals surface area contributed by atoms with Crippen LogP contribution < -0.4 is 14.8 Å². The normalized spacial score (nSPS) is 10.6. The zero-order valence-electron chi connectivity index (χ0n) is 13.9. The molecule has 0 bridgehead atoms. The van der Waals surface area contributed by atoms with Gasteiger partial charge in [-0.2, -0.15) is 0 Å². The third kappa shape index (κ3) is 4.49. The molecule has 0 saturated carbocycles. The lowest BCUT2D eigenvalue weighted by molar-refractivity contribution is -0.118. The molecule has 6 nitrogen and oxygen atoms in total. The molecule has 0 fully saturated rings. The van der Waals surface area contributed by atoms with Gasteiger partial charge in [0.25, 0.3) is 5.91 Å². The summed E-state index contributed by atoms with van der Waals surface area (Å²) in [6.07, 6.45) is 1.28. The van der Waals surface area contributed by atoms with Gasteiger partial charge in [-0.25, -0.2) is 0 Å². The number of hydrogen-bond acceptors (Lipinski definition) is 5. The highest BCUT2D eigenvalue weighted by atomic mass is 16.5. The Morgan fingerprint density at radius 1 is 1.21 bits per heavy atom. The van der Waals surface area contributed by atoms with Gasteiger partial charge in [0, 0.05) is 11.3 Å². The highest BCUT2D eigenvalue weighted by Gasteiger charge is 2.09. The fraction of sp³-hybridized carbons (Fsp3) is 0.222. The zero-order chi connectivity index (χ0) is 17.5. The molecule has 24 heavy (non-hydrogen) atoms. The standard InChI is InChI=1S/C18H20N2O4/c1-12-4-6-15(13(2)8-12)20-18(21)11-24-16-7-5-14(10-19-22)9-17(16)23-3/h4-10,22H,11H2,1-3H3,(H,20,21)/b19-10+. The molecule has 0 unspecified atom stereocenters. The second-order valence-corrected chi connectivity index (χ2v) is 5.31. The van der Waals surface area contributed by atoms with Gasteiger partial charge in [-0.05, 0) is 43.7 Å². The summed E-state index contributed by atoms with van der Waals surface area (Å²) in [5, 5.41) is 14.3. The summed E-state index contributed by atoms with van der Waals surface area (Å²) in [6, 6.07) is 10.8. The summed E-state index contributed by atoms with van der Waals surface area (Å²) in [4.78, 5) is 12.1. The molecule has 0 radical (unpaired) electrons. The summed E-state index contributed by atoms with van der Waals surface area (Å²) < 4.78 is 10.7. The molecule has 0 atom stereocenters. The Kier molecular flexibility index (Phi) is 5.78. The molecule has 1 amide bonds. The van der Waals surface area contributed by atoms with Crippen LogP contribution in [0.2, 0.25) is 0 Å². The van der Waals surface area contributed by atoms with Gasteiger partial charge in [-0.3, -0.25) is 4.79 Å². The van der Waals surface area contributed by atoms with Crippen LogP contribution in [0.1, 0.15) is 16.7 Å². The molecule has 2 N–H and O–H groups in total. The van der Waals surface area contributed by atoms with E-state index in [1.165, 1.54) is 13.3 Å². The van der Waals surface area contributed by atoms with Crippen molar-refractivity contribution in [3.8, 4) is 11.5 Å². The lowest BCUT2D eigenvalue weighted by atomic mass is 10.1. The molecular formula is C18H20N2O4. The molecular weight excluding hydrogens is 308 g/mol. The molecule has 0 aromatic heterocycles. The fourth-order valence-corrected chi connectivity index (χ4v) is 2.23. The lowest BCUT2D eigenvalue weighted by Gasteiger charge is -2.12. The Morgan fingerprint density at radius 3 is 2.67 bits per heavy atom. The van der Waals surface area contributed by atoms with E-state index in [0.29, 0.717) is 17.1 Å². The summed E-state index contributed by atoms with van der Waals surface area (Å²) in [5.41, 5.74) is 3.55. The van der Waals surface area contributed by atoms with Crippen LogP contribution in [0.4, 0.5) is 5.69 Å². The Bertz CT molecular complexity index is 757. The Hall–Kier alpha value is -3.02. The van der Waals surface area contributed by atoms with E-state index in [2.05, 4.69) is 10.5 Å². The molecule has 0 spiro atoms. The first kappa shape index (κ1) is 17.3. The number of amides is 1. The second-order valence-electron chi connectivity index (χ2n) is 5.31. The molecule has 0 aliphatic heterocycles. The number of carbonyl (C=O) groups excluding carboxylic acids is 1. The third-order valence-electron chi connectivity index (χ3n) is 3.41. The molecule has 2 rings (SSSR count). The maximum Gasteiger partial charge on any atom is 0.262 e. The highest BCUT2D eigenvalue weighted by Crippen LogP contribution is 2.27. The molecule has 0 heterocycles. The predicted molar refractivity (Wildman–Crippen MR) is 92.4 cm³/mol. The molecule has 2 aromatic carbocycles.